The number of halogens is 1. The summed E-state index contributed by atoms with van der Waals surface area (Å²) < 4.78 is 1.06. The molecule has 2 heterocycles. The molecule has 3 rings (SSSR count). The van der Waals surface area contributed by atoms with Crippen molar-refractivity contribution in [3.63, 3.8) is 0 Å². The van der Waals surface area contributed by atoms with Gasteiger partial charge >= 0.3 is 0 Å². The minimum Gasteiger partial charge on any atom is -0.356 e. The zero-order valence-electron chi connectivity index (χ0n) is 12.5. The number of hydrogen-bond donors (Lipinski definition) is 0. The third-order valence-electron chi connectivity index (χ3n) is 4.49. The molecule has 0 atom stereocenters. The average Bonchev–Trinajstić information content (AvgIpc) is 3.32. The molecule has 0 N–H and O–H groups in total. The molecule has 4 nitrogen and oxygen atoms in total. The van der Waals surface area contributed by atoms with Gasteiger partial charge in [-0.05, 0) is 59.7 Å². The highest BCUT2D eigenvalue weighted by Crippen LogP contribution is 2.32. The van der Waals surface area contributed by atoms with Gasteiger partial charge < -0.3 is 9.80 Å². The molecule has 0 unspecified atom stereocenters. The summed E-state index contributed by atoms with van der Waals surface area (Å²) >= 11 is 3.57. The van der Waals surface area contributed by atoms with Gasteiger partial charge in [0.15, 0.2) is 0 Å². The Morgan fingerprint density at radius 1 is 1.38 bits per heavy atom. The van der Waals surface area contributed by atoms with Gasteiger partial charge in [0.05, 0.1) is 4.47 Å². The standard InChI is InChI=1S/C16H22BrN3O/c1-19(16(21)13-4-5-13)11-12-6-9-20(10-7-12)15-14(17)3-2-8-18-15/h2-3,8,12-13H,4-7,9-11H2,1H3. The van der Waals surface area contributed by atoms with E-state index in [-0.39, 0.29) is 0 Å². The summed E-state index contributed by atoms with van der Waals surface area (Å²) in [6.45, 7) is 2.95. The smallest absolute Gasteiger partial charge is 0.225 e. The van der Waals surface area contributed by atoms with Crippen LogP contribution in [0.25, 0.3) is 0 Å². The Morgan fingerprint density at radius 3 is 2.71 bits per heavy atom. The van der Waals surface area contributed by atoms with Gasteiger partial charge in [0.25, 0.3) is 0 Å². The van der Waals surface area contributed by atoms with Crippen molar-refractivity contribution in [3.8, 4) is 0 Å². The van der Waals surface area contributed by atoms with E-state index in [1.54, 1.807) is 0 Å². The first kappa shape index (κ1) is 14.8. The lowest BCUT2D eigenvalue weighted by Gasteiger charge is -2.35. The maximum atomic E-state index is 12.0. The molecule has 1 aromatic rings. The zero-order valence-corrected chi connectivity index (χ0v) is 14.1. The van der Waals surface area contributed by atoms with Crippen LogP contribution >= 0.6 is 15.9 Å². The lowest BCUT2D eigenvalue weighted by atomic mass is 9.96. The highest BCUT2D eigenvalue weighted by atomic mass is 79.9. The van der Waals surface area contributed by atoms with Crippen LogP contribution in [0, 0.1) is 11.8 Å². The Kier molecular flexibility index (Phi) is 4.48. The molecule has 21 heavy (non-hydrogen) atoms. The normalized spacial score (nSPS) is 19.6. The Bertz CT molecular complexity index is 510. The number of hydrogen-bond acceptors (Lipinski definition) is 3. The molecule has 1 amide bonds. The van der Waals surface area contributed by atoms with Crippen LogP contribution in [-0.4, -0.2) is 42.5 Å². The van der Waals surface area contributed by atoms with Crippen LogP contribution in [0.4, 0.5) is 5.82 Å². The molecular formula is C16H22BrN3O. The minimum absolute atomic E-state index is 0.333. The molecule has 2 fully saturated rings. The van der Waals surface area contributed by atoms with Crippen molar-refractivity contribution in [2.24, 2.45) is 11.8 Å². The number of carbonyl (C=O) groups excluding carboxylic acids is 1. The van der Waals surface area contributed by atoms with Crippen LogP contribution in [0.15, 0.2) is 22.8 Å². The fourth-order valence-corrected chi connectivity index (χ4v) is 3.56. The number of amides is 1. The van der Waals surface area contributed by atoms with E-state index < -0.39 is 0 Å². The minimum atomic E-state index is 0.333. The van der Waals surface area contributed by atoms with E-state index in [0.29, 0.717) is 17.7 Å². The lowest BCUT2D eigenvalue weighted by Crippen LogP contribution is -2.40. The molecule has 5 heteroatoms. The highest BCUT2D eigenvalue weighted by molar-refractivity contribution is 9.10. The fourth-order valence-electron chi connectivity index (χ4n) is 3.06. The van der Waals surface area contributed by atoms with Crippen LogP contribution in [0.5, 0.6) is 0 Å². The second-order valence-electron chi connectivity index (χ2n) is 6.23. The van der Waals surface area contributed by atoms with Crippen molar-refractivity contribution >= 4 is 27.7 Å². The first-order valence-electron chi connectivity index (χ1n) is 7.75. The monoisotopic (exact) mass is 351 g/mol. The number of piperidine rings is 1. The van der Waals surface area contributed by atoms with Gasteiger partial charge in [-0.1, -0.05) is 0 Å². The average molecular weight is 352 g/mol. The van der Waals surface area contributed by atoms with E-state index in [9.17, 15) is 4.79 Å². The Balaban J connectivity index is 1.51. The van der Waals surface area contributed by atoms with Gasteiger partial charge in [0, 0.05) is 38.8 Å². The van der Waals surface area contributed by atoms with Crippen molar-refractivity contribution in [1.82, 2.24) is 9.88 Å². The van der Waals surface area contributed by atoms with Crippen molar-refractivity contribution in [1.29, 1.82) is 0 Å². The topological polar surface area (TPSA) is 36.4 Å². The molecule has 0 bridgehead atoms. The van der Waals surface area contributed by atoms with Gasteiger partial charge in [0.1, 0.15) is 5.82 Å². The van der Waals surface area contributed by atoms with Crippen LogP contribution in [0.2, 0.25) is 0 Å². The number of nitrogens with zero attached hydrogens (tertiary/aromatic N) is 3. The number of aromatic nitrogens is 1. The molecule has 1 aliphatic heterocycles. The SMILES string of the molecule is CN(CC1CCN(c2ncccc2Br)CC1)C(=O)C1CC1. The molecule has 1 aromatic heterocycles. The third-order valence-corrected chi connectivity index (χ3v) is 5.11. The predicted octanol–water partition coefficient (Wildman–Crippen LogP) is 2.93. The van der Waals surface area contributed by atoms with Crippen LogP contribution in [-0.2, 0) is 4.79 Å². The molecule has 1 saturated heterocycles. The largest absolute Gasteiger partial charge is 0.356 e. The number of anilines is 1. The molecular weight excluding hydrogens is 330 g/mol. The Labute approximate surface area is 134 Å². The molecule has 0 radical (unpaired) electrons. The van der Waals surface area contributed by atoms with E-state index in [0.717, 1.165) is 55.6 Å². The third kappa shape index (κ3) is 3.57. The molecule has 1 saturated carbocycles. The van der Waals surface area contributed by atoms with E-state index in [1.165, 1.54) is 0 Å². The Hall–Kier alpha value is -1.10. The van der Waals surface area contributed by atoms with Crippen LogP contribution in [0.3, 0.4) is 0 Å². The van der Waals surface area contributed by atoms with Gasteiger partial charge in [-0.25, -0.2) is 4.98 Å². The van der Waals surface area contributed by atoms with Crippen molar-refractivity contribution < 1.29 is 4.79 Å². The number of carbonyl (C=O) groups is 1. The second kappa shape index (κ2) is 6.34. The van der Waals surface area contributed by atoms with E-state index >= 15 is 0 Å². The molecule has 2 aliphatic rings. The van der Waals surface area contributed by atoms with Crippen molar-refractivity contribution in [3.05, 3.63) is 22.8 Å². The summed E-state index contributed by atoms with van der Waals surface area (Å²) in [5.74, 6) is 2.35. The van der Waals surface area contributed by atoms with Crippen LogP contribution < -0.4 is 4.90 Å². The second-order valence-corrected chi connectivity index (χ2v) is 7.09. The molecule has 0 aromatic carbocycles. The molecule has 114 valence electrons. The maximum Gasteiger partial charge on any atom is 0.225 e. The predicted molar refractivity (Wildman–Crippen MR) is 87.2 cm³/mol. The summed E-state index contributed by atoms with van der Waals surface area (Å²) in [4.78, 5) is 20.8. The first-order valence-corrected chi connectivity index (χ1v) is 8.55. The zero-order chi connectivity index (χ0) is 14.8. The van der Waals surface area contributed by atoms with E-state index in [4.69, 9.17) is 0 Å². The maximum absolute atomic E-state index is 12.0. The number of pyridine rings is 1. The van der Waals surface area contributed by atoms with E-state index in [1.807, 2.05) is 30.3 Å². The quantitative estimate of drug-likeness (QED) is 0.836. The summed E-state index contributed by atoms with van der Waals surface area (Å²) in [6, 6.07) is 3.98. The summed E-state index contributed by atoms with van der Waals surface area (Å²) in [5.41, 5.74) is 0. The van der Waals surface area contributed by atoms with Gasteiger partial charge in [0.2, 0.25) is 5.91 Å². The summed E-state index contributed by atoms with van der Waals surface area (Å²) in [6.07, 6.45) is 6.29. The fraction of sp³-hybridized carbons (Fsp3) is 0.625. The first-order chi connectivity index (χ1) is 10.1. The van der Waals surface area contributed by atoms with Gasteiger partial charge in [-0.15, -0.1) is 0 Å². The van der Waals surface area contributed by atoms with Gasteiger partial charge in [-0.2, -0.15) is 0 Å². The molecule has 0 spiro atoms. The van der Waals surface area contributed by atoms with Crippen molar-refractivity contribution in [2.45, 2.75) is 25.7 Å². The summed E-state index contributed by atoms with van der Waals surface area (Å²) in [5, 5.41) is 0. The van der Waals surface area contributed by atoms with Gasteiger partial charge in [-0.3, -0.25) is 4.79 Å². The lowest BCUT2D eigenvalue weighted by molar-refractivity contribution is -0.131. The number of rotatable bonds is 4. The van der Waals surface area contributed by atoms with E-state index in [2.05, 4.69) is 25.8 Å². The Morgan fingerprint density at radius 2 is 2.10 bits per heavy atom. The summed E-state index contributed by atoms with van der Waals surface area (Å²) in [7, 11) is 1.96. The molecule has 1 aliphatic carbocycles. The van der Waals surface area contributed by atoms with Crippen LogP contribution in [0.1, 0.15) is 25.7 Å². The van der Waals surface area contributed by atoms with Crippen molar-refractivity contribution in [2.75, 3.05) is 31.6 Å². The highest BCUT2D eigenvalue weighted by Gasteiger charge is 2.33.